The van der Waals surface area contributed by atoms with Gasteiger partial charge in [0, 0.05) is 24.2 Å². The summed E-state index contributed by atoms with van der Waals surface area (Å²) in [6, 6.07) is 5.10. The largest absolute Gasteiger partial charge is 0.296 e. The SMILES string of the molecule is CN=Cc1ccc(CBr)cc1F. The molecule has 0 fully saturated rings. The van der Waals surface area contributed by atoms with Crippen LogP contribution in [0.15, 0.2) is 23.2 Å². The van der Waals surface area contributed by atoms with Gasteiger partial charge in [0.2, 0.25) is 0 Å². The maximum atomic E-state index is 13.1. The van der Waals surface area contributed by atoms with Crippen molar-refractivity contribution in [2.24, 2.45) is 4.99 Å². The van der Waals surface area contributed by atoms with Gasteiger partial charge in [0.15, 0.2) is 0 Å². The molecule has 1 aromatic carbocycles. The Morgan fingerprint density at radius 1 is 1.58 bits per heavy atom. The summed E-state index contributed by atoms with van der Waals surface area (Å²) in [6.45, 7) is 0. The summed E-state index contributed by atoms with van der Waals surface area (Å²) in [5, 5.41) is 0.674. The molecule has 1 nitrogen and oxygen atoms in total. The highest BCUT2D eigenvalue weighted by molar-refractivity contribution is 9.08. The van der Waals surface area contributed by atoms with Crippen LogP contribution in [0.1, 0.15) is 11.1 Å². The van der Waals surface area contributed by atoms with Gasteiger partial charge < -0.3 is 0 Å². The van der Waals surface area contributed by atoms with Crippen LogP contribution in [-0.4, -0.2) is 13.3 Å². The maximum Gasteiger partial charge on any atom is 0.132 e. The topological polar surface area (TPSA) is 12.4 Å². The van der Waals surface area contributed by atoms with Gasteiger partial charge in [-0.05, 0) is 11.6 Å². The molecule has 0 bridgehead atoms. The van der Waals surface area contributed by atoms with Crippen molar-refractivity contribution in [3.63, 3.8) is 0 Å². The quantitative estimate of drug-likeness (QED) is 0.547. The first kappa shape index (κ1) is 9.39. The van der Waals surface area contributed by atoms with Crippen molar-refractivity contribution in [3.8, 4) is 0 Å². The summed E-state index contributed by atoms with van der Waals surface area (Å²) < 4.78 is 13.1. The molecule has 0 saturated carbocycles. The minimum absolute atomic E-state index is 0.224. The number of halogens is 2. The highest BCUT2D eigenvalue weighted by Gasteiger charge is 1.99. The number of nitrogens with zero attached hydrogens (tertiary/aromatic N) is 1. The third-order valence-electron chi connectivity index (χ3n) is 1.49. The van der Waals surface area contributed by atoms with E-state index in [1.807, 2.05) is 6.07 Å². The summed E-state index contributed by atoms with van der Waals surface area (Å²) in [5.41, 5.74) is 1.46. The average Bonchev–Trinajstić information content (AvgIpc) is 2.09. The fourth-order valence-corrected chi connectivity index (χ4v) is 1.25. The molecule has 1 rings (SSSR count). The van der Waals surface area contributed by atoms with Crippen LogP contribution >= 0.6 is 15.9 Å². The van der Waals surface area contributed by atoms with Crippen LogP contribution in [0.4, 0.5) is 4.39 Å². The monoisotopic (exact) mass is 229 g/mol. The van der Waals surface area contributed by atoms with E-state index in [-0.39, 0.29) is 5.82 Å². The van der Waals surface area contributed by atoms with Crippen molar-refractivity contribution in [2.75, 3.05) is 7.05 Å². The third kappa shape index (κ3) is 2.14. The van der Waals surface area contributed by atoms with E-state index in [1.165, 1.54) is 12.3 Å². The second-order valence-electron chi connectivity index (χ2n) is 2.38. The summed E-state index contributed by atoms with van der Waals surface area (Å²) >= 11 is 3.25. The smallest absolute Gasteiger partial charge is 0.132 e. The Morgan fingerprint density at radius 2 is 2.33 bits per heavy atom. The van der Waals surface area contributed by atoms with Gasteiger partial charge in [-0.1, -0.05) is 28.1 Å². The molecular formula is C9H9BrFN. The minimum atomic E-state index is -0.224. The Labute approximate surface area is 79.5 Å². The standard InChI is InChI=1S/C9H9BrFN/c1-12-6-8-3-2-7(5-10)4-9(8)11/h2-4,6H,5H2,1H3. The van der Waals surface area contributed by atoms with Gasteiger partial charge in [-0.3, -0.25) is 4.99 Å². The van der Waals surface area contributed by atoms with Crippen molar-refractivity contribution in [3.05, 3.63) is 35.1 Å². The second kappa shape index (κ2) is 4.36. The predicted octanol–water partition coefficient (Wildman–Crippen LogP) is 2.77. The Hall–Kier alpha value is -0.700. The van der Waals surface area contributed by atoms with E-state index >= 15 is 0 Å². The fraction of sp³-hybridized carbons (Fsp3) is 0.222. The lowest BCUT2D eigenvalue weighted by Crippen LogP contribution is -1.89. The first-order valence-corrected chi connectivity index (χ1v) is 4.66. The van der Waals surface area contributed by atoms with Crippen molar-refractivity contribution in [1.29, 1.82) is 0 Å². The van der Waals surface area contributed by atoms with Crippen molar-refractivity contribution >= 4 is 22.1 Å². The van der Waals surface area contributed by atoms with E-state index < -0.39 is 0 Å². The van der Waals surface area contributed by atoms with E-state index in [9.17, 15) is 4.39 Å². The maximum absolute atomic E-state index is 13.1. The lowest BCUT2D eigenvalue weighted by molar-refractivity contribution is 0.624. The van der Waals surface area contributed by atoms with Gasteiger partial charge in [-0.15, -0.1) is 0 Å². The molecule has 0 atom stereocenters. The Morgan fingerprint density at radius 3 is 2.83 bits per heavy atom. The van der Waals surface area contributed by atoms with Gasteiger partial charge in [-0.2, -0.15) is 0 Å². The first-order valence-electron chi connectivity index (χ1n) is 3.54. The molecule has 0 unspecified atom stereocenters. The van der Waals surface area contributed by atoms with Crippen LogP contribution in [-0.2, 0) is 5.33 Å². The highest BCUT2D eigenvalue weighted by Crippen LogP contribution is 2.11. The van der Waals surface area contributed by atoms with Crippen LogP contribution < -0.4 is 0 Å². The number of rotatable bonds is 2. The summed E-state index contributed by atoms with van der Waals surface area (Å²) in [5.74, 6) is -0.224. The summed E-state index contributed by atoms with van der Waals surface area (Å²) in [4.78, 5) is 3.75. The van der Waals surface area contributed by atoms with Gasteiger partial charge in [-0.25, -0.2) is 4.39 Å². The molecule has 0 aliphatic rings. The van der Waals surface area contributed by atoms with Gasteiger partial charge >= 0.3 is 0 Å². The van der Waals surface area contributed by atoms with E-state index in [4.69, 9.17) is 0 Å². The third-order valence-corrected chi connectivity index (χ3v) is 2.13. The van der Waals surface area contributed by atoms with E-state index in [1.54, 1.807) is 13.1 Å². The molecule has 3 heteroatoms. The Balaban J connectivity index is 3.03. The zero-order valence-electron chi connectivity index (χ0n) is 6.72. The predicted molar refractivity (Wildman–Crippen MR) is 52.5 cm³/mol. The molecule has 0 aromatic heterocycles. The van der Waals surface area contributed by atoms with E-state index in [0.717, 1.165) is 5.56 Å². The molecule has 0 heterocycles. The number of alkyl halides is 1. The number of hydrogen-bond acceptors (Lipinski definition) is 1. The van der Waals surface area contributed by atoms with Crippen LogP contribution in [0.2, 0.25) is 0 Å². The normalized spacial score (nSPS) is 10.9. The molecule has 1 aromatic rings. The van der Waals surface area contributed by atoms with Crippen LogP contribution in [0.5, 0.6) is 0 Å². The molecule has 64 valence electrons. The first-order chi connectivity index (χ1) is 5.77. The van der Waals surface area contributed by atoms with Crippen LogP contribution in [0.3, 0.4) is 0 Å². The van der Waals surface area contributed by atoms with E-state index in [2.05, 4.69) is 20.9 Å². The molecule has 0 spiro atoms. The average molecular weight is 230 g/mol. The van der Waals surface area contributed by atoms with Crippen LogP contribution in [0, 0.1) is 5.82 Å². The molecule has 12 heavy (non-hydrogen) atoms. The van der Waals surface area contributed by atoms with Gasteiger partial charge in [0.05, 0.1) is 0 Å². The zero-order valence-corrected chi connectivity index (χ0v) is 8.31. The van der Waals surface area contributed by atoms with E-state index in [0.29, 0.717) is 10.9 Å². The van der Waals surface area contributed by atoms with Crippen molar-refractivity contribution < 1.29 is 4.39 Å². The number of aliphatic imine (C=N–C) groups is 1. The highest BCUT2D eigenvalue weighted by atomic mass is 79.9. The summed E-state index contributed by atoms with van der Waals surface area (Å²) in [6.07, 6.45) is 1.51. The van der Waals surface area contributed by atoms with Crippen LogP contribution in [0.25, 0.3) is 0 Å². The minimum Gasteiger partial charge on any atom is -0.296 e. The molecule has 0 saturated heterocycles. The number of hydrogen-bond donors (Lipinski definition) is 0. The molecule has 0 aliphatic carbocycles. The lowest BCUT2D eigenvalue weighted by Gasteiger charge is -1.98. The molecule has 0 radical (unpaired) electrons. The summed E-state index contributed by atoms with van der Waals surface area (Å²) in [7, 11) is 1.62. The molecule has 0 amide bonds. The lowest BCUT2D eigenvalue weighted by atomic mass is 10.1. The van der Waals surface area contributed by atoms with Crippen molar-refractivity contribution in [2.45, 2.75) is 5.33 Å². The molecular weight excluding hydrogens is 221 g/mol. The number of benzene rings is 1. The Bertz CT molecular complexity index is 297. The van der Waals surface area contributed by atoms with Gasteiger partial charge in [0.1, 0.15) is 5.82 Å². The zero-order chi connectivity index (χ0) is 8.97. The second-order valence-corrected chi connectivity index (χ2v) is 2.94. The molecule has 0 aliphatic heterocycles. The Kier molecular flexibility index (Phi) is 3.41. The molecule has 0 N–H and O–H groups in total. The fourth-order valence-electron chi connectivity index (χ4n) is 0.898. The van der Waals surface area contributed by atoms with Crippen molar-refractivity contribution in [1.82, 2.24) is 0 Å². The van der Waals surface area contributed by atoms with Gasteiger partial charge in [0.25, 0.3) is 0 Å².